The van der Waals surface area contributed by atoms with Gasteiger partial charge in [-0.15, -0.1) is 0 Å². The van der Waals surface area contributed by atoms with Crippen molar-refractivity contribution in [1.82, 2.24) is 0 Å². The highest BCUT2D eigenvalue weighted by Gasteiger charge is 2.15. The molecule has 0 fully saturated rings. The van der Waals surface area contributed by atoms with E-state index in [0.717, 1.165) is 0 Å². The Labute approximate surface area is 123 Å². The zero-order valence-corrected chi connectivity index (χ0v) is 12.4. The van der Waals surface area contributed by atoms with Gasteiger partial charge in [-0.25, -0.2) is 0 Å². The lowest BCUT2D eigenvalue weighted by Gasteiger charge is -2.09. The van der Waals surface area contributed by atoms with Crippen molar-refractivity contribution in [3.8, 4) is 17.6 Å². The van der Waals surface area contributed by atoms with E-state index in [1.54, 1.807) is 20.8 Å². The maximum absolute atomic E-state index is 11.8. The number of ether oxygens (including phenoxy) is 1. The van der Waals surface area contributed by atoms with Crippen LogP contribution in [0.3, 0.4) is 0 Å². The highest BCUT2D eigenvalue weighted by Crippen LogP contribution is 2.35. The molecule has 5 heteroatoms. The maximum atomic E-state index is 11.8. The number of phenolic OH excluding ortho intramolecular Hbond substituents is 1. The van der Waals surface area contributed by atoms with Crippen LogP contribution in [0.4, 0.5) is 0 Å². The lowest BCUT2D eigenvalue weighted by Crippen LogP contribution is -2.08. The molecular weight excluding hydrogens is 278 g/mol. The first-order valence-corrected chi connectivity index (χ1v) is 6.59. The predicted octanol–water partition coefficient (Wildman–Crippen LogP) is 3.58. The van der Waals surface area contributed by atoms with Gasteiger partial charge in [0.1, 0.15) is 6.07 Å². The number of Topliss-reactive ketones (excluding diaryl/α,β-unsaturated/α-hetero) is 1. The minimum Gasteiger partial charge on any atom is -0.503 e. The molecule has 0 unspecified atom stereocenters. The zero-order chi connectivity index (χ0) is 15.3. The van der Waals surface area contributed by atoms with Crippen molar-refractivity contribution in [2.45, 2.75) is 20.8 Å². The van der Waals surface area contributed by atoms with E-state index in [0.29, 0.717) is 12.2 Å². The van der Waals surface area contributed by atoms with Crippen LogP contribution in [0.15, 0.2) is 17.7 Å². The summed E-state index contributed by atoms with van der Waals surface area (Å²) in [5.74, 6) is -0.436. The number of carbonyl (C=O) groups is 1. The normalized spacial score (nSPS) is 11.3. The number of nitrogens with zero attached hydrogens (tertiary/aromatic N) is 1. The number of phenols is 1. The van der Waals surface area contributed by atoms with Gasteiger partial charge in [-0.3, -0.25) is 4.79 Å². The van der Waals surface area contributed by atoms with Crippen molar-refractivity contribution in [3.05, 3.63) is 28.3 Å². The van der Waals surface area contributed by atoms with Crippen molar-refractivity contribution < 1.29 is 14.6 Å². The third-order valence-corrected chi connectivity index (χ3v) is 2.86. The number of aromatic hydroxyl groups is 1. The van der Waals surface area contributed by atoms with Crippen molar-refractivity contribution in [2.75, 3.05) is 6.61 Å². The fraction of sp³-hybridized carbons (Fsp3) is 0.333. The van der Waals surface area contributed by atoms with Gasteiger partial charge in [-0.05, 0) is 30.7 Å². The molecule has 0 amide bonds. The number of hydrogen-bond acceptors (Lipinski definition) is 4. The summed E-state index contributed by atoms with van der Waals surface area (Å²) in [5.41, 5.74) is 0.575. The molecule has 0 bridgehead atoms. The minimum atomic E-state index is -0.264. The SMILES string of the molecule is CCOc1cc(C=C(C#N)C(=O)C(C)C)cc(Cl)c1O. The number of carbonyl (C=O) groups excluding carboxylic acids is 1. The van der Waals surface area contributed by atoms with Gasteiger partial charge >= 0.3 is 0 Å². The van der Waals surface area contributed by atoms with Gasteiger partial charge in [0.2, 0.25) is 0 Å². The molecule has 0 aromatic heterocycles. The van der Waals surface area contributed by atoms with Gasteiger partial charge < -0.3 is 9.84 Å². The van der Waals surface area contributed by atoms with E-state index >= 15 is 0 Å². The van der Waals surface area contributed by atoms with Gasteiger partial charge in [-0.1, -0.05) is 25.4 Å². The van der Waals surface area contributed by atoms with E-state index in [1.165, 1.54) is 18.2 Å². The zero-order valence-electron chi connectivity index (χ0n) is 11.6. The molecule has 0 aliphatic rings. The van der Waals surface area contributed by atoms with Crippen LogP contribution in [-0.2, 0) is 4.79 Å². The average molecular weight is 294 g/mol. The van der Waals surface area contributed by atoms with Crippen molar-refractivity contribution in [2.24, 2.45) is 5.92 Å². The molecule has 1 aromatic carbocycles. The fourth-order valence-corrected chi connectivity index (χ4v) is 1.80. The molecule has 0 spiro atoms. The Kier molecular flexibility index (Phi) is 5.60. The highest BCUT2D eigenvalue weighted by atomic mass is 35.5. The summed E-state index contributed by atoms with van der Waals surface area (Å²) in [6.45, 7) is 5.60. The lowest BCUT2D eigenvalue weighted by atomic mass is 10.00. The summed E-state index contributed by atoms with van der Waals surface area (Å²) in [6, 6.07) is 4.90. The molecule has 1 aromatic rings. The second-order valence-electron chi connectivity index (χ2n) is 4.47. The van der Waals surface area contributed by atoms with Gasteiger partial charge in [0.15, 0.2) is 17.3 Å². The molecule has 106 valence electrons. The summed E-state index contributed by atoms with van der Waals surface area (Å²) < 4.78 is 5.25. The molecule has 0 radical (unpaired) electrons. The van der Waals surface area contributed by atoms with Crippen molar-refractivity contribution >= 4 is 23.5 Å². The third kappa shape index (κ3) is 3.75. The molecular formula is C15H16ClNO3. The molecule has 0 aliphatic heterocycles. The average Bonchev–Trinajstić information content (AvgIpc) is 2.40. The van der Waals surface area contributed by atoms with E-state index in [4.69, 9.17) is 21.6 Å². The van der Waals surface area contributed by atoms with Crippen LogP contribution < -0.4 is 4.74 Å². The largest absolute Gasteiger partial charge is 0.503 e. The standard InChI is InChI=1S/C15H16ClNO3/c1-4-20-13-7-10(6-12(16)15(13)19)5-11(8-17)14(18)9(2)3/h5-7,9,19H,4H2,1-3H3. The summed E-state index contributed by atoms with van der Waals surface area (Å²) in [5, 5.41) is 18.9. The van der Waals surface area contributed by atoms with Crippen molar-refractivity contribution in [3.63, 3.8) is 0 Å². The van der Waals surface area contributed by atoms with Crippen LogP contribution in [0.1, 0.15) is 26.3 Å². The van der Waals surface area contributed by atoms with E-state index < -0.39 is 0 Å². The first kappa shape index (κ1) is 16.1. The third-order valence-electron chi connectivity index (χ3n) is 2.57. The second kappa shape index (κ2) is 6.97. The molecule has 1 rings (SSSR count). The highest BCUT2D eigenvalue weighted by molar-refractivity contribution is 6.32. The predicted molar refractivity (Wildman–Crippen MR) is 77.7 cm³/mol. The van der Waals surface area contributed by atoms with E-state index in [1.807, 2.05) is 6.07 Å². The Morgan fingerprint density at radius 1 is 1.55 bits per heavy atom. The smallest absolute Gasteiger partial charge is 0.176 e. The van der Waals surface area contributed by atoms with Gasteiger partial charge in [0.05, 0.1) is 17.2 Å². The molecule has 20 heavy (non-hydrogen) atoms. The molecule has 0 atom stereocenters. The van der Waals surface area contributed by atoms with E-state index in [-0.39, 0.29) is 33.8 Å². The van der Waals surface area contributed by atoms with E-state index in [9.17, 15) is 9.90 Å². The number of allylic oxidation sites excluding steroid dienone is 1. The van der Waals surface area contributed by atoms with Crippen LogP contribution in [0.5, 0.6) is 11.5 Å². The molecule has 1 N–H and O–H groups in total. The first-order valence-electron chi connectivity index (χ1n) is 6.22. The van der Waals surface area contributed by atoms with Crippen molar-refractivity contribution in [1.29, 1.82) is 5.26 Å². The lowest BCUT2D eigenvalue weighted by molar-refractivity contribution is -0.117. The molecule has 0 heterocycles. The summed E-state index contributed by atoms with van der Waals surface area (Å²) >= 11 is 5.90. The number of rotatable bonds is 5. The fourth-order valence-electron chi connectivity index (χ4n) is 1.58. The number of hydrogen-bond donors (Lipinski definition) is 1. The Balaban J connectivity index is 3.26. The van der Waals surface area contributed by atoms with Gasteiger partial charge in [-0.2, -0.15) is 5.26 Å². The van der Waals surface area contributed by atoms with Crippen LogP contribution in [0, 0.1) is 17.2 Å². The number of benzene rings is 1. The van der Waals surface area contributed by atoms with Crippen LogP contribution in [0.25, 0.3) is 6.08 Å². The second-order valence-corrected chi connectivity index (χ2v) is 4.88. The molecule has 0 saturated heterocycles. The Bertz CT molecular complexity index is 586. The Morgan fingerprint density at radius 2 is 2.20 bits per heavy atom. The number of halogens is 1. The van der Waals surface area contributed by atoms with E-state index in [2.05, 4.69) is 0 Å². The molecule has 0 aliphatic carbocycles. The van der Waals surface area contributed by atoms with Crippen LogP contribution >= 0.6 is 11.6 Å². The number of ketones is 1. The van der Waals surface area contributed by atoms with Crippen LogP contribution in [0.2, 0.25) is 5.02 Å². The summed E-state index contributed by atoms with van der Waals surface area (Å²) in [7, 11) is 0. The summed E-state index contributed by atoms with van der Waals surface area (Å²) in [6.07, 6.45) is 1.44. The monoisotopic (exact) mass is 293 g/mol. The van der Waals surface area contributed by atoms with Crippen LogP contribution in [-0.4, -0.2) is 17.5 Å². The molecule has 0 saturated carbocycles. The summed E-state index contributed by atoms with van der Waals surface area (Å²) in [4.78, 5) is 11.8. The Morgan fingerprint density at radius 3 is 2.70 bits per heavy atom. The topological polar surface area (TPSA) is 70.3 Å². The first-order chi connectivity index (χ1) is 9.40. The minimum absolute atomic E-state index is 0.0456. The maximum Gasteiger partial charge on any atom is 0.176 e. The quantitative estimate of drug-likeness (QED) is 0.665. The molecule has 4 nitrogen and oxygen atoms in total. The van der Waals surface area contributed by atoms with Gasteiger partial charge in [0, 0.05) is 5.92 Å². The number of nitriles is 1. The van der Waals surface area contributed by atoms with Gasteiger partial charge in [0.25, 0.3) is 0 Å². The Hall–Kier alpha value is -1.99.